The van der Waals surface area contributed by atoms with Crippen LogP contribution in [0.3, 0.4) is 0 Å². The van der Waals surface area contributed by atoms with Crippen LogP contribution in [0.4, 0.5) is 23.4 Å². The number of rotatable bonds is 5. The van der Waals surface area contributed by atoms with E-state index in [1.165, 1.54) is 30.3 Å². The average Bonchev–Trinajstić information content (AvgIpc) is 3.35. The Bertz CT molecular complexity index is 1460. The Morgan fingerprint density at radius 1 is 0.947 bits per heavy atom. The molecule has 4 heterocycles. The summed E-state index contributed by atoms with van der Waals surface area (Å²) in [6.45, 7) is 0.358. The second-order valence-corrected chi connectivity index (χ2v) is 10.3. The van der Waals surface area contributed by atoms with Crippen molar-refractivity contribution in [3.63, 3.8) is 0 Å². The molecule has 2 aromatic heterocycles. The second-order valence-electron chi connectivity index (χ2n) is 10.3. The fourth-order valence-electron chi connectivity index (χ4n) is 5.91. The van der Waals surface area contributed by atoms with E-state index in [2.05, 4.69) is 4.98 Å². The van der Waals surface area contributed by atoms with Gasteiger partial charge in [0.05, 0.1) is 24.2 Å². The minimum absolute atomic E-state index is 0.0309. The minimum atomic E-state index is -5.16. The van der Waals surface area contributed by atoms with Crippen LogP contribution >= 0.6 is 0 Å². The topological polar surface area (TPSA) is 85.7 Å². The van der Waals surface area contributed by atoms with E-state index in [0.29, 0.717) is 36.2 Å². The lowest BCUT2D eigenvalue weighted by Crippen LogP contribution is -2.55. The highest BCUT2D eigenvalue weighted by atomic mass is 19.4. The standard InChI is InChI=1S/C28H26F4N4O2/c29-27(28(30,31)32,19-4-2-1-3-5-19)20-8-6-18(7-9-20)21-22-23(33)34-14-15-36(22)24(35-21)25-10-12-26(16-37,13-11-25)38-17-25/h1-9,14-15,37H,10-13,16-17H2,(H2,33,34). The number of hydrogen-bond acceptors (Lipinski definition) is 5. The Morgan fingerprint density at radius 2 is 1.61 bits per heavy atom. The number of fused-ring (bicyclic) bond motifs is 4. The molecule has 4 aromatic rings. The van der Waals surface area contributed by atoms with Crippen LogP contribution in [0.2, 0.25) is 0 Å². The first kappa shape index (κ1) is 24.8. The minimum Gasteiger partial charge on any atom is -0.393 e. The van der Waals surface area contributed by atoms with Crippen molar-refractivity contribution in [2.75, 3.05) is 18.9 Å². The fourth-order valence-corrected chi connectivity index (χ4v) is 5.91. The smallest absolute Gasteiger partial charge is 0.393 e. The van der Waals surface area contributed by atoms with Gasteiger partial charge >= 0.3 is 6.18 Å². The normalized spacial score (nSPS) is 25.0. The van der Waals surface area contributed by atoms with Crippen LogP contribution in [0.5, 0.6) is 0 Å². The van der Waals surface area contributed by atoms with Gasteiger partial charge in [0.15, 0.2) is 0 Å². The number of aliphatic hydroxyl groups excluding tert-OH is 1. The van der Waals surface area contributed by atoms with Crippen LogP contribution in [-0.2, 0) is 15.8 Å². The van der Waals surface area contributed by atoms with Crippen molar-refractivity contribution in [2.24, 2.45) is 0 Å². The Balaban J connectivity index is 1.45. The van der Waals surface area contributed by atoms with Crippen molar-refractivity contribution in [2.45, 2.75) is 48.5 Å². The molecule has 1 unspecified atom stereocenters. The molecule has 2 bridgehead atoms. The molecule has 10 heteroatoms. The first-order valence-electron chi connectivity index (χ1n) is 12.4. The van der Waals surface area contributed by atoms with E-state index in [1.807, 2.05) is 4.40 Å². The van der Waals surface area contributed by atoms with Gasteiger partial charge in [-0.3, -0.25) is 4.40 Å². The molecule has 0 spiro atoms. The first-order chi connectivity index (χ1) is 18.1. The molecule has 38 heavy (non-hydrogen) atoms. The summed E-state index contributed by atoms with van der Waals surface area (Å²) in [5.41, 5.74) is 2.13. The lowest BCUT2D eigenvalue weighted by molar-refractivity contribution is -0.219. The molecular weight excluding hydrogens is 500 g/mol. The maximum Gasteiger partial charge on any atom is 0.431 e. The lowest BCUT2D eigenvalue weighted by Gasteiger charge is -2.51. The lowest BCUT2D eigenvalue weighted by atomic mass is 9.66. The summed E-state index contributed by atoms with van der Waals surface area (Å²) < 4.78 is 66.0. The van der Waals surface area contributed by atoms with Crippen LogP contribution in [0.15, 0.2) is 67.0 Å². The van der Waals surface area contributed by atoms with Gasteiger partial charge in [0.2, 0.25) is 0 Å². The van der Waals surface area contributed by atoms with Crippen molar-refractivity contribution in [1.29, 1.82) is 0 Å². The van der Waals surface area contributed by atoms with Crippen molar-refractivity contribution in [3.05, 3.63) is 83.9 Å². The largest absolute Gasteiger partial charge is 0.431 e. The van der Waals surface area contributed by atoms with Gasteiger partial charge in [-0.1, -0.05) is 54.6 Å². The number of anilines is 1. The molecule has 1 atom stereocenters. The summed E-state index contributed by atoms with van der Waals surface area (Å²) in [6.07, 6.45) is 1.08. The van der Waals surface area contributed by atoms with Crippen molar-refractivity contribution < 1.29 is 27.4 Å². The quantitative estimate of drug-likeness (QED) is 0.344. The number of nitrogens with two attached hydrogens (primary N) is 1. The third kappa shape index (κ3) is 3.54. The van der Waals surface area contributed by atoms with E-state index in [1.54, 1.807) is 12.4 Å². The highest BCUT2D eigenvalue weighted by molar-refractivity contribution is 5.85. The third-order valence-corrected chi connectivity index (χ3v) is 8.24. The number of benzene rings is 2. The zero-order chi connectivity index (χ0) is 26.8. The van der Waals surface area contributed by atoms with Gasteiger partial charge < -0.3 is 15.6 Å². The molecule has 7 rings (SSSR count). The van der Waals surface area contributed by atoms with Gasteiger partial charge in [0.25, 0.3) is 5.67 Å². The molecule has 3 N–H and O–H groups in total. The van der Waals surface area contributed by atoms with E-state index in [4.69, 9.17) is 15.5 Å². The molecule has 1 saturated carbocycles. The number of alkyl halides is 4. The molecule has 3 fully saturated rings. The number of halogens is 4. The van der Waals surface area contributed by atoms with E-state index < -0.39 is 34.0 Å². The predicted molar refractivity (Wildman–Crippen MR) is 133 cm³/mol. The molecule has 6 nitrogen and oxygen atoms in total. The molecule has 3 aliphatic rings. The third-order valence-electron chi connectivity index (χ3n) is 8.24. The Kier molecular flexibility index (Phi) is 5.55. The van der Waals surface area contributed by atoms with E-state index in [9.17, 15) is 18.3 Å². The van der Waals surface area contributed by atoms with E-state index >= 15 is 4.39 Å². The number of ether oxygens (including phenoxy) is 1. The fraction of sp³-hybridized carbons (Fsp3) is 0.357. The van der Waals surface area contributed by atoms with Crippen molar-refractivity contribution >= 4 is 11.3 Å². The zero-order valence-electron chi connectivity index (χ0n) is 20.4. The first-order valence-corrected chi connectivity index (χ1v) is 12.4. The molecule has 198 valence electrons. The summed E-state index contributed by atoms with van der Waals surface area (Å²) in [5.74, 6) is 0.949. The van der Waals surface area contributed by atoms with Crippen LogP contribution in [0.1, 0.15) is 42.6 Å². The van der Waals surface area contributed by atoms with Gasteiger partial charge in [0, 0.05) is 29.1 Å². The number of nitrogen functional groups attached to an aromatic ring is 1. The molecule has 0 radical (unpaired) electrons. The molecule has 2 aliphatic heterocycles. The number of hydrogen-bond donors (Lipinski definition) is 2. The summed E-state index contributed by atoms with van der Waals surface area (Å²) in [5, 5.41) is 9.82. The molecule has 2 saturated heterocycles. The number of imidazole rings is 1. The summed E-state index contributed by atoms with van der Waals surface area (Å²) in [7, 11) is 0. The van der Waals surface area contributed by atoms with Gasteiger partial charge in [-0.2, -0.15) is 13.2 Å². The van der Waals surface area contributed by atoms with Gasteiger partial charge in [-0.05, 0) is 25.7 Å². The maximum atomic E-state index is 15.8. The maximum absolute atomic E-state index is 15.8. The molecular formula is C28H26F4N4O2. The Labute approximate surface area is 216 Å². The predicted octanol–water partition coefficient (Wildman–Crippen LogP) is 5.33. The number of aliphatic hydroxyl groups is 1. The summed E-state index contributed by atoms with van der Waals surface area (Å²) in [6, 6.07) is 11.7. The van der Waals surface area contributed by atoms with Crippen molar-refractivity contribution in [3.8, 4) is 11.3 Å². The van der Waals surface area contributed by atoms with E-state index in [0.717, 1.165) is 42.9 Å². The Hall–Kier alpha value is -3.50. The molecule has 2 aromatic carbocycles. The van der Waals surface area contributed by atoms with Crippen LogP contribution in [-0.4, -0.2) is 44.5 Å². The molecule has 0 amide bonds. The summed E-state index contributed by atoms with van der Waals surface area (Å²) >= 11 is 0. The van der Waals surface area contributed by atoms with Gasteiger partial charge in [-0.25, -0.2) is 14.4 Å². The van der Waals surface area contributed by atoms with Crippen LogP contribution in [0, 0.1) is 0 Å². The van der Waals surface area contributed by atoms with Gasteiger partial charge in [0.1, 0.15) is 22.9 Å². The average molecular weight is 527 g/mol. The van der Waals surface area contributed by atoms with Crippen LogP contribution in [0.25, 0.3) is 16.8 Å². The van der Waals surface area contributed by atoms with Crippen LogP contribution < -0.4 is 5.73 Å². The SMILES string of the molecule is Nc1nccn2c(C34CCC(CO)(CC3)OC4)nc(-c3ccc(C(F)(c4ccccc4)C(F)(F)F)cc3)c12. The summed E-state index contributed by atoms with van der Waals surface area (Å²) in [4.78, 5) is 9.15. The number of aromatic nitrogens is 3. The zero-order valence-corrected chi connectivity index (χ0v) is 20.4. The second kappa shape index (κ2) is 8.51. The Morgan fingerprint density at radius 3 is 2.18 bits per heavy atom. The van der Waals surface area contributed by atoms with Crippen molar-refractivity contribution in [1.82, 2.24) is 14.4 Å². The highest BCUT2D eigenvalue weighted by Gasteiger charge is 2.58. The molecule has 1 aliphatic carbocycles. The number of nitrogens with zero attached hydrogens (tertiary/aromatic N) is 3. The van der Waals surface area contributed by atoms with E-state index in [-0.39, 0.29) is 12.4 Å². The monoisotopic (exact) mass is 526 g/mol. The van der Waals surface area contributed by atoms with Gasteiger partial charge in [-0.15, -0.1) is 0 Å². The highest BCUT2D eigenvalue weighted by Crippen LogP contribution is 2.51.